The Labute approximate surface area is 137 Å². The van der Waals surface area contributed by atoms with Crippen molar-refractivity contribution in [3.8, 4) is 0 Å². The van der Waals surface area contributed by atoms with Crippen LogP contribution < -0.4 is 5.32 Å². The number of halogens is 2. The summed E-state index contributed by atoms with van der Waals surface area (Å²) in [4.78, 5) is 2.43. The van der Waals surface area contributed by atoms with E-state index in [1.165, 1.54) is 0 Å². The molecule has 118 valence electrons. The Bertz CT molecular complexity index is 428. The minimum Gasteiger partial charge on any atom is -0.393 e. The van der Waals surface area contributed by atoms with E-state index in [1.807, 2.05) is 12.1 Å². The summed E-state index contributed by atoms with van der Waals surface area (Å²) in [7, 11) is 0. The van der Waals surface area contributed by atoms with Gasteiger partial charge in [-0.15, -0.1) is 0 Å². The summed E-state index contributed by atoms with van der Waals surface area (Å²) in [6.07, 6.45) is 2.83. The largest absolute Gasteiger partial charge is 0.393 e. The van der Waals surface area contributed by atoms with Crippen molar-refractivity contribution in [3.63, 3.8) is 0 Å². The summed E-state index contributed by atoms with van der Waals surface area (Å²) in [5.41, 5.74) is 1.12. The molecule has 0 spiro atoms. The van der Waals surface area contributed by atoms with Crippen LogP contribution in [0, 0.1) is 0 Å². The summed E-state index contributed by atoms with van der Waals surface area (Å²) >= 11 is 12.1. The molecule has 3 nitrogen and oxygen atoms in total. The van der Waals surface area contributed by atoms with E-state index in [2.05, 4.69) is 17.1 Å². The summed E-state index contributed by atoms with van der Waals surface area (Å²) in [6, 6.07) is 5.91. The van der Waals surface area contributed by atoms with Crippen LogP contribution in [0.3, 0.4) is 0 Å². The number of piperidine rings is 1. The van der Waals surface area contributed by atoms with Gasteiger partial charge in [0.1, 0.15) is 0 Å². The van der Waals surface area contributed by atoms with E-state index in [9.17, 15) is 5.11 Å². The second-order valence-corrected chi connectivity index (χ2v) is 6.68. The molecule has 0 aliphatic carbocycles. The zero-order chi connectivity index (χ0) is 15.2. The number of likely N-dealkylation sites (tertiary alicyclic amines) is 1. The number of nitrogens with zero attached hydrogens (tertiary/aromatic N) is 1. The second kappa shape index (κ2) is 8.35. The van der Waals surface area contributed by atoms with Gasteiger partial charge in [0.2, 0.25) is 0 Å². The first-order valence-electron chi connectivity index (χ1n) is 7.64. The van der Waals surface area contributed by atoms with Crippen molar-refractivity contribution in [2.45, 2.75) is 38.3 Å². The lowest BCUT2D eigenvalue weighted by molar-refractivity contribution is 0.0820. The molecule has 1 atom stereocenters. The van der Waals surface area contributed by atoms with Crippen LogP contribution >= 0.6 is 23.2 Å². The van der Waals surface area contributed by atoms with Crippen LogP contribution in [0.25, 0.3) is 0 Å². The molecule has 0 aromatic heterocycles. The van der Waals surface area contributed by atoms with Crippen molar-refractivity contribution in [1.82, 2.24) is 10.2 Å². The first-order chi connectivity index (χ1) is 10.0. The number of benzene rings is 1. The lowest BCUT2D eigenvalue weighted by Gasteiger charge is -2.29. The van der Waals surface area contributed by atoms with Gasteiger partial charge in [0.25, 0.3) is 0 Å². The highest BCUT2D eigenvalue weighted by Gasteiger charge is 2.16. The third-order valence-corrected chi connectivity index (χ3v) is 4.48. The van der Waals surface area contributed by atoms with E-state index in [4.69, 9.17) is 23.2 Å². The standard InChI is InChI=1S/C16H24Cl2N2O/c1-12(13-9-14(17)11-15(18)10-13)19-5-2-6-20-7-3-16(21)4-8-20/h9-12,16,19,21H,2-8H2,1H3. The molecule has 2 rings (SSSR count). The van der Waals surface area contributed by atoms with Crippen LogP contribution in [-0.4, -0.2) is 42.3 Å². The van der Waals surface area contributed by atoms with Crippen LogP contribution in [0.5, 0.6) is 0 Å². The fraction of sp³-hybridized carbons (Fsp3) is 0.625. The zero-order valence-electron chi connectivity index (χ0n) is 12.5. The van der Waals surface area contributed by atoms with Crippen LogP contribution in [-0.2, 0) is 0 Å². The van der Waals surface area contributed by atoms with Gasteiger partial charge >= 0.3 is 0 Å². The summed E-state index contributed by atoms with van der Waals surface area (Å²) in [6.45, 7) is 6.20. The van der Waals surface area contributed by atoms with Crippen LogP contribution in [0.15, 0.2) is 18.2 Å². The fourth-order valence-electron chi connectivity index (χ4n) is 2.71. The predicted molar refractivity (Wildman–Crippen MR) is 89.2 cm³/mol. The number of aliphatic hydroxyl groups excluding tert-OH is 1. The van der Waals surface area contributed by atoms with E-state index in [1.54, 1.807) is 6.07 Å². The molecule has 1 saturated heterocycles. The molecule has 0 bridgehead atoms. The fourth-order valence-corrected chi connectivity index (χ4v) is 3.25. The van der Waals surface area contributed by atoms with Gasteiger partial charge in [-0.2, -0.15) is 0 Å². The van der Waals surface area contributed by atoms with Gasteiger partial charge in [0.15, 0.2) is 0 Å². The molecular formula is C16H24Cl2N2O. The molecule has 1 aromatic carbocycles. The van der Waals surface area contributed by atoms with E-state index in [-0.39, 0.29) is 12.1 Å². The second-order valence-electron chi connectivity index (χ2n) is 5.80. The third-order valence-electron chi connectivity index (χ3n) is 4.04. The quantitative estimate of drug-likeness (QED) is 0.784. The number of rotatable bonds is 6. The number of aliphatic hydroxyl groups is 1. The Morgan fingerprint density at radius 1 is 1.24 bits per heavy atom. The molecule has 2 N–H and O–H groups in total. The van der Waals surface area contributed by atoms with E-state index in [0.29, 0.717) is 10.0 Å². The maximum Gasteiger partial charge on any atom is 0.0564 e. The van der Waals surface area contributed by atoms with Crippen LogP contribution in [0.4, 0.5) is 0 Å². The number of hydrogen-bond acceptors (Lipinski definition) is 3. The molecule has 1 unspecified atom stereocenters. The molecular weight excluding hydrogens is 307 g/mol. The molecule has 0 amide bonds. The summed E-state index contributed by atoms with van der Waals surface area (Å²) in [5.74, 6) is 0. The van der Waals surface area contributed by atoms with Crippen molar-refractivity contribution in [2.24, 2.45) is 0 Å². The van der Waals surface area contributed by atoms with Crippen molar-refractivity contribution >= 4 is 23.2 Å². The van der Waals surface area contributed by atoms with Crippen LogP contribution in [0.1, 0.15) is 37.8 Å². The van der Waals surface area contributed by atoms with Gasteiger partial charge in [-0.1, -0.05) is 23.2 Å². The van der Waals surface area contributed by atoms with Gasteiger partial charge in [-0.05, 0) is 63.0 Å². The predicted octanol–water partition coefficient (Wildman–Crippen LogP) is 3.49. The number of hydrogen-bond donors (Lipinski definition) is 2. The highest BCUT2D eigenvalue weighted by Crippen LogP contribution is 2.23. The Morgan fingerprint density at radius 3 is 2.48 bits per heavy atom. The van der Waals surface area contributed by atoms with Gasteiger partial charge in [0, 0.05) is 29.2 Å². The maximum atomic E-state index is 9.48. The smallest absolute Gasteiger partial charge is 0.0564 e. The van der Waals surface area contributed by atoms with Crippen molar-refractivity contribution in [2.75, 3.05) is 26.2 Å². The Balaban J connectivity index is 1.68. The zero-order valence-corrected chi connectivity index (χ0v) is 14.0. The lowest BCUT2D eigenvalue weighted by atomic mass is 10.1. The average molecular weight is 331 g/mol. The van der Waals surface area contributed by atoms with E-state index in [0.717, 1.165) is 51.0 Å². The highest BCUT2D eigenvalue weighted by atomic mass is 35.5. The minimum atomic E-state index is -0.0908. The summed E-state index contributed by atoms with van der Waals surface area (Å²) in [5, 5.41) is 14.3. The highest BCUT2D eigenvalue weighted by molar-refractivity contribution is 6.34. The molecule has 1 aromatic rings. The average Bonchev–Trinajstić information content (AvgIpc) is 2.44. The Hall–Kier alpha value is -0.320. The first kappa shape index (κ1) is 17.0. The third kappa shape index (κ3) is 5.76. The van der Waals surface area contributed by atoms with Gasteiger partial charge in [-0.3, -0.25) is 0 Å². The SMILES string of the molecule is CC(NCCCN1CCC(O)CC1)c1cc(Cl)cc(Cl)c1. The molecule has 1 aliphatic heterocycles. The molecule has 0 radical (unpaired) electrons. The monoisotopic (exact) mass is 330 g/mol. The molecule has 1 fully saturated rings. The lowest BCUT2D eigenvalue weighted by Crippen LogP contribution is -2.37. The molecule has 1 aliphatic rings. The summed E-state index contributed by atoms with van der Waals surface area (Å²) < 4.78 is 0. The number of nitrogens with one attached hydrogen (secondary N) is 1. The normalized spacial score (nSPS) is 18.9. The molecule has 0 saturated carbocycles. The van der Waals surface area contributed by atoms with Crippen LogP contribution in [0.2, 0.25) is 10.0 Å². The molecule has 1 heterocycles. The molecule has 21 heavy (non-hydrogen) atoms. The maximum absolute atomic E-state index is 9.48. The van der Waals surface area contributed by atoms with Gasteiger partial charge in [0.05, 0.1) is 6.10 Å². The van der Waals surface area contributed by atoms with Crippen molar-refractivity contribution in [1.29, 1.82) is 0 Å². The van der Waals surface area contributed by atoms with Crippen molar-refractivity contribution < 1.29 is 5.11 Å². The topological polar surface area (TPSA) is 35.5 Å². The van der Waals surface area contributed by atoms with E-state index < -0.39 is 0 Å². The Morgan fingerprint density at radius 2 is 1.86 bits per heavy atom. The minimum absolute atomic E-state index is 0.0908. The molecule has 5 heteroatoms. The first-order valence-corrected chi connectivity index (χ1v) is 8.40. The van der Waals surface area contributed by atoms with Crippen molar-refractivity contribution in [3.05, 3.63) is 33.8 Å². The van der Waals surface area contributed by atoms with E-state index >= 15 is 0 Å². The Kier molecular flexibility index (Phi) is 6.77. The van der Waals surface area contributed by atoms with Gasteiger partial charge < -0.3 is 15.3 Å². The van der Waals surface area contributed by atoms with Gasteiger partial charge in [-0.25, -0.2) is 0 Å².